The van der Waals surface area contributed by atoms with Gasteiger partial charge in [-0.3, -0.25) is 14.9 Å². The summed E-state index contributed by atoms with van der Waals surface area (Å²) < 4.78 is 31.9. The van der Waals surface area contributed by atoms with Gasteiger partial charge in [0.15, 0.2) is 12.4 Å². The zero-order valence-electron chi connectivity index (χ0n) is 16.1. The molecule has 28 heavy (non-hydrogen) atoms. The summed E-state index contributed by atoms with van der Waals surface area (Å²) >= 11 is 0. The Hall–Kier alpha value is -2.46. The topological polar surface area (TPSA) is 110 Å². The Morgan fingerprint density at radius 3 is 2.54 bits per heavy atom. The first kappa shape index (κ1) is 21.8. The van der Waals surface area contributed by atoms with Crippen LogP contribution in [0.25, 0.3) is 0 Å². The van der Waals surface area contributed by atoms with Gasteiger partial charge in [-0.15, -0.1) is 0 Å². The molecule has 0 aliphatic carbocycles. The molecule has 1 heterocycles. The maximum absolute atomic E-state index is 12.6. The van der Waals surface area contributed by atoms with Gasteiger partial charge in [-0.25, -0.2) is 8.42 Å². The molecular weight excluding hydrogens is 386 g/mol. The summed E-state index contributed by atoms with van der Waals surface area (Å²) in [6.07, 6.45) is 1.53. The van der Waals surface area contributed by atoms with Gasteiger partial charge in [-0.1, -0.05) is 12.2 Å². The highest BCUT2D eigenvalue weighted by atomic mass is 32.2. The SMILES string of the molecule is C=C(C)CN(CC)C(=O)COc1ccc(S(=O)(=O)N2CCCC2)cc1[N+](=O)[O-]. The lowest BCUT2D eigenvalue weighted by atomic mass is 10.3. The summed E-state index contributed by atoms with van der Waals surface area (Å²) in [7, 11) is -3.79. The highest BCUT2D eigenvalue weighted by Gasteiger charge is 2.30. The normalized spacial score (nSPS) is 14.6. The van der Waals surface area contributed by atoms with E-state index in [-0.39, 0.29) is 23.2 Å². The molecule has 1 fully saturated rings. The first-order valence-corrected chi connectivity index (χ1v) is 10.4. The van der Waals surface area contributed by atoms with Crippen molar-refractivity contribution in [1.29, 1.82) is 0 Å². The highest BCUT2D eigenvalue weighted by Crippen LogP contribution is 2.31. The number of sulfonamides is 1. The van der Waals surface area contributed by atoms with E-state index in [1.165, 1.54) is 21.3 Å². The van der Waals surface area contributed by atoms with E-state index in [4.69, 9.17) is 4.74 Å². The van der Waals surface area contributed by atoms with E-state index in [1.807, 2.05) is 0 Å². The number of nitro benzene ring substituents is 1. The molecule has 154 valence electrons. The Bertz CT molecular complexity index is 862. The minimum Gasteiger partial charge on any atom is -0.477 e. The lowest BCUT2D eigenvalue weighted by molar-refractivity contribution is -0.386. The van der Waals surface area contributed by atoms with Crippen LogP contribution in [0, 0.1) is 10.1 Å². The molecule has 1 aliphatic heterocycles. The van der Waals surface area contributed by atoms with Crippen molar-refractivity contribution in [3.8, 4) is 5.75 Å². The molecule has 1 saturated heterocycles. The number of amides is 1. The van der Waals surface area contributed by atoms with Crippen LogP contribution >= 0.6 is 0 Å². The maximum Gasteiger partial charge on any atom is 0.312 e. The molecule has 2 rings (SSSR count). The second-order valence-electron chi connectivity index (χ2n) is 6.65. The average molecular weight is 411 g/mol. The molecule has 9 nitrogen and oxygen atoms in total. The van der Waals surface area contributed by atoms with E-state index in [9.17, 15) is 23.3 Å². The second kappa shape index (κ2) is 9.16. The van der Waals surface area contributed by atoms with Crippen LogP contribution in [0.1, 0.15) is 26.7 Å². The number of likely N-dealkylation sites (N-methyl/N-ethyl adjacent to an activating group) is 1. The zero-order chi connectivity index (χ0) is 20.9. The smallest absolute Gasteiger partial charge is 0.312 e. The number of nitro groups is 1. The summed E-state index contributed by atoms with van der Waals surface area (Å²) in [5.74, 6) is -0.487. The van der Waals surface area contributed by atoms with Crippen LogP contribution in [-0.4, -0.2) is 61.2 Å². The van der Waals surface area contributed by atoms with Crippen LogP contribution in [0.15, 0.2) is 35.2 Å². The first-order chi connectivity index (χ1) is 13.2. The van der Waals surface area contributed by atoms with Gasteiger partial charge in [-0.05, 0) is 38.8 Å². The predicted octanol–water partition coefficient (Wildman–Crippen LogP) is 2.18. The number of carbonyl (C=O) groups excluding carboxylic acids is 1. The first-order valence-electron chi connectivity index (χ1n) is 9.00. The van der Waals surface area contributed by atoms with Gasteiger partial charge >= 0.3 is 5.69 Å². The van der Waals surface area contributed by atoms with Crippen LogP contribution in [0.4, 0.5) is 5.69 Å². The van der Waals surface area contributed by atoms with Crippen molar-refractivity contribution in [1.82, 2.24) is 9.21 Å². The Labute approximate surface area is 164 Å². The molecule has 0 unspecified atom stereocenters. The van der Waals surface area contributed by atoms with E-state index in [0.717, 1.165) is 24.5 Å². The van der Waals surface area contributed by atoms with Gasteiger partial charge in [-0.2, -0.15) is 4.31 Å². The largest absolute Gasteiger partial charge is 0.477 e. The monoisotopic (exact) mass is 411 g/mol. The lowest BCUT2D eigenvalue weighted by Crippen LogP contribution is -2.35. The van der Waals surface area contributed by atoms with E-state index >= 15 is 0 Å². The van der Waals surface area contributed by atoms with Gasteiger partial charge in [0.25, 0.3) is 5.91 Å². The summed E-state index contributed by atoms with van der Waals surface area (Å²) in [5, 5.41) is 11.4. The quantitative estimate of drug-likeness (QED) is 0.350. The molecule has 0 saturated carbocycles. The number of ether oxygens (including phenoxy) is 1. The van der Waals surface area contributed by atoms with Crippen LogP contribution in [0.5, 0.6) is 5.75 Å². The van der Waals surface area contributed by atoms with Crippen LogP contribution in [-0.2, 0) is 14.8 Å². The molecule has 1 aromatic carbocycles. The van der Waals surface area contributed by atoms with Crippen molar-refractivity contribution in [2.75, 3.05) is 32.8 Å². The summed E-state index contributed by atoms with van der Waals surface area (Å²) in [6, 6.07) is 3.48. The fraction of sp³-hybridized carbons (Fsp3) is 0.500. The van der Waals surface area contributed by atoms with Crippen molar-refractivity contribution < 1.29 is 22.9 Å². The molecular formula is C18H25N3O6S. The molecule has 0 radical (unpaired) electrons. The second-order valence-corrected chi connectivity index (χ2v) is 8.59. The molecule has 1 aliphatic rings. The van der Waals surface area contributed by atoms with Crippen LogP contribution < -0.4 is 4.74 Å². The molecule has 1 aromatic rings. The Morgan fingerprint density at radius 1 is 1.36 bits per heavy atom. The van der Waals surface area contributed by atoms with Gasteiger partial charge in [0.2, 0.25) is 10.0 Å². The summed E-state index contributed by atoms with van der Waals surface area (Å²) in [6.45, 7) is 8.59. The molecule has 0 bridgehead atoms. The minimum atomic E-state index is -3.79. The van der Waals surface area contributed by atoms with Crippen molar-refractivity contribution in [3.63, 3.8) is 0 Å². The van der Waals surface area contributed by atoms with Gasteiger partial charge in [0.1, 0.15) is 0 Å². The fourth-order valence-corrected chi connectivity index (χ4v) is 4.47. The third-order valence-corrected chi connectivity index (χ3v) is 6.27. The maximum atomic E-state index is 12.6. The van der Waals surface area contributed by atoms with E-state index in [2.05, 4.69) is 6.58 Å². The van der Waals surface area contributed by atoms with Gasteiger partial charge in [0, 0.05) is 32.2 Å². The minimum absolute atomic E-state index is 0.148. The lowest BCUT2D eigenvalue weighted by Gasteiger charge is -2.21. The van der Waals surface area contributed by atoms with E-state index in [1.54, 1.807) is 13.8 Å². The molecule has 0 spiro atoms. The van der Waals surface area contributed by atoms with Crippen molar-refractivity contribution in [2.24, 2.45) is 0 Å². The van der Waals surface area contributed by atoms with Crippen LogP contribution in [0.2, 0.25) is 0 Å². The van der Waals surface area contributed by atoms with Crippen LogP contribution in [0.3, 0.4) is 0 Å². The van der Waals surface area contributed by atoms with E-state index < -0.39 is 20.6 Å². The number of carbonyl (C=O) groups is 1. The van der Waals surface area contributed by atoms with Crippen molar-refractivity contribution in [2.45, 2.75) is 31.6 Å². The van der Waals surface area contributed by atoms with Gasteiger partial charge < -0.3 is 9.64 Å². The Morgan fingerprint density at radius 2 is 2.00 bits per heavy atom. The number of benzene rings is 1. The number of hydrogen-bond acceptors (Lipinski definition) is 6. The fourth-order valence-electron chi connectivity index (χ4n) is 2.93. The zero-order valence-corrected chi connectivity index (χ0v) is 16.9. The molecule has 1 amide bonds. The number of rotatable bonds is 9. The Balaban J connectivity index is 2.20. The summed E-state index contributed by atoms with van der Waals surface area (Å²) in [4.78, 5) is 24.3. The average Bonchev–Trinajstić information content (AvgIpc) is 3.19. The predicted molar refractivity (Wildman–Crippen MR) is 104 cm³/mol. The third kappa shape index (κ3) is 5.08. The number of nitrogens with zero attached hydrogens (tertiary/aromatic N) is 3. The highest BCUT2D eigenvalue weighted by molar-refractivity contribution is 7.89. The molecule has 0 atom stereocenters. The van der Waals surface area contributed by atoms with Crippen molar-refractivity contribution >= 4 is 21.6 Å². The van der Waals surface area contributed by atoms with E-state index in [0.29, 0.717) is 26.2 Å². The standard InChI is InChI=1S/C18H25N3O6S/c1-4-19(12-14(2)3)18(22)13-27-17-8-7-15(11-16(17)21(23)24)28(25,26)20-9-5-6-10-20/h7-8,11H,2,4-6,9-10,12-13H2,1,3H3. The molecule has 0 aromatic heterocycles. The Kier molecular flexibility index (Phi) is 7.14. The molecule has 0 N–H and O–H groups in total. The molecule has 10 heteroatoms. The van der Waals surface area contributed by atoms with Crippen molar-refractivity contribution in [3.05, 3.63) is 40.5 Å². The number of hydrogen-bond donors (Lipinski definition) is 0. The summed E-state index contributed by atoms with van der Waals surface area (Å²) in [5.41, 5.74) is 0.314. The third-order valence-electron chi connectivity index (χ3n) is 4.38. The van der Waals surface area contributed by atoms with Gasteiger partial charge in [0.05, 0.1) is 9.82 Å².